The van der Waals surface area contributed by atoms with Crippen molar-refractivity contribution in [3.05, 3.63) is 57.5 Å². The number of furan rings is 1. The minimum Gasteiger partial charge on any atom is -0.459 e. The minimum absolute atomic E-state index is 0.0620. The molecule has 3 heterocycles. The molecule has 3 rings (SSSR count). The van der Waals surface area contributed by atoms with E-state index in [4.69, 9.17) is 25.2 Å². The topological polar surface area (TPSA) is 100 Å². The lowest BCUT2D eigenvalue weighted by Gasteiger charge is -2.11. The number of halogens is 4. The average Bonchev–Trinajstić information content (AvgIpc) is 3.27. The lowest BCUT2D eigenvalue weighted by atomic mass is 10.2. The Morgan fingerprint density at radius 2 is 2.11 bits per heavy atom. The van der Waals surface area contributed by atoms with Gasteiger partial charge < -0.3 is 18.1 Å². The quantitative estimate of drug-likeness (QED) is 0.604. The van der Waals surface area contributed by atoms with Crippen molar-refractivity contribution in [1.29, 1.82) is 0 Å². The van der Waals surface area contributed by atoms with E-state index in [1.807, 2.05) is 0 Å². The number of aromatic nitrogens is 3. The molecule has 0 fully saturated rings. The molecule has 0 saturated carbocycles. The molecular weight excluding hydrogens is 395 g/mol. The van der Waals surface area contributed by atoms with Crippen molar-refractivity contribution in [3.8, 4) is 11.7 Å². The summed E-state index contributed by atoms with van der Waals surface area (Å²) in [6, 6.07) is 3.67. The molecule has 0 N–H and O–H groups in total. The van der Waals surface area contributed by atoms with Crippen molar-refractivity contribution < 1.29 is 31.5 Å². The summed E-state index contributed by atoms with van der Waals surface area (Å²) in [6.07, 6.45) is -2.84. The van der Waals surface area contributed by atoms with Crippen molar-refractivity contribution in [2.24, 2.45) is 0 Å². The summed E-state index contributed by atoms with van der Waals surface area (Å²) in [4.78, 5) is 23.6. The molecule has 0 atom stereocenters. The van der Waals surface area contributed by atoms with Gasteiger partial charge in [-0.05, 0) is 18.2 Å². The van der Waals surface area contributed by atoms with Crippen molar-refractivity contribution >= 4 is 17.6 Å². The Kier molecular flexibility index (Phi) is 5.04. The molecule has 0 aliphatic rings. The fraction of sp³-hybridized carbons (Fsp3) is 0.200. The molecule has 142 valence electrons. The van der Waals surface area contributed by atoms with Gasteiger partial charge in [0.05, 0.1) is 11.8 Å². The first-order chi connectivity index (χ1) is 12.7. The van der Waals surface area contributed by atoms with Crippen molar-refractivity contribution in [2.45, 2.75) is 19.3 Å². The number of carbonyl (C=O) groups excluding carboxylic acids is 1. The number of nitrogens with zero attached hydrogens (tertiary/aromatic N) is 3. The van der Waals surface area contributed by atoms with Gasteiger partial charge in [0.2, 0.25) is 0 Å². The third-order valence-corrected chi connectivity index (χ3v) is 3.50. The second-order valence-electron chi connectivity index (χ2n) is 5.15. The molecule has 0 bridgehead atoms. The van der Waals surface area contributed by atoms with Crippen LogP contribution in [0.1, 0.15) is 11.5 Å². The summed E-state index contributed by atoms with van der Waals surface area (Å²) in [7, 11) is 0. The summed E-state index contributed by atoms with van der Waals surface area (Å²) in [5.74, 6) is -0.688. The zero-order valence-electron chi connectivity index (χ0n) is 13.2. The van der Waals surface area contributed by atoms with Gasteiger partial charge in [-0.2, -0.15) is 13.2 Å². The van der Waals surface area contributed by atoms with E-state index in [1.165, 1.54) is 6.26 Å². The Morgan fingerprint density at radius 3 is 2.78 bits per heavy atom. The average molecular weight is 404 g/mol. The van der Waals surface area contributed by atoms with E-state index in [9.17, 15) is 22.8 Å². The Morgan fingerprint density at radius 1 is 1.33 bits per heavy atom. The minimum atomic E-state index is -4.73. The number of pyridine rings is 1. The van der Waals surface area contributed by atoms with E-state index in [0.717, 1.165) is 0 Å². The molecule has 3 aromatic rings. The molecule has 0 aliphatic heterocycles. The number of ether oxygens (including phenoxy) is 1. The van der Waals surface area contributed by atoms with Crippen LogP contribution in [0.2, 0.25) is 5.02 Å². The van der Waals surface area contributed by atoms with Crippen LogP contribution in [0.15, 0.2) is 44.3 Å². The lowest BCUT2D eigenvalue weighted by Crippen LogP contribution is -2.27. The Bertz CT molecular complexity index is 1010. The number of rotatable bonds is 5. The van der Waals surface area contributed by atoms with E-state index in [0.29, 0.717) is 22.6 Å². The number of hydrogen-bond acceptors (Lipinski definition) is 7. The standard InChI is InChI=1S/C15H9ClF3N3O5/c16-9-4-8(15(17,18)19)5-22(14(9)24)6-12(23)26-7-11-20-21-13(27-11)10-2-1-3-25-10/h1-5H,6-7H2. The summed E-state index contributed by atoms with van der Waals surface area (Å²) >= 11 is 5.51. The SMILES string of the molecule is O=C(Cn1cc(C(F)(F)F)cc(Cl)c1=O)OCc1nnc(-c2ccco2)o1. The normalized spacial score (nSPS) is 11.6. The predicted octanol–water partition coefficient (Wildman–Crippen LogP) is 2.91. The van der Waals surface area contributed by atoms with E-state index >= 15 is 0 Å². The molecular formula is C15H9ClF3N3O5. The Hall–Kier alpha value is -3.08. The van der Waals surface area contributed by atoms with Crippen LogP contribution in [0.5, 0.6) is 0 Å². The first kappa shape index (κ1) is 18.7. The first-order valence-electron chi connectivity index (χ1n) is 7.23. The van der Waals surface area contributed by atoms with Crippen molar-refractivity contribution in [3.63, 3.8) is 0 Å². The molecule has 0 aliphatic carbocycles. The lowest BCUT2D eigenvalue weighted by molar-refractivity contribution is -0.147. The van der Waals surface area contributed by atoms with Gasteiger partial charge in [0.15, 0.2) is 12.4 Å². The highest BCUT2D eigenvalue weighted by molar-refractivity contribution is 6.30. The molecule has 0 amide bonds. The van der Waals surface area contributed by atoms with E-state index in [2.05, 4.69) is 10.2 Å². The number of alkyl halides is 3. The summed E-state index contributed by atoms with van der Waals surface area (Å²) in [6.45, 7) is -1.21. The molecule has 0 radical (unpaired) electrons. The van der Waals surface area contributed by atoms with Crippen molar-refractivity contribution in [2.75, 3.05) is 0 Å². The zero-order valence-corrected chi connectivity index (χ0v) is 14.0. The molecule has 0 unspecified atom stereocenters. The van der Waals surface area contributed by atoms with E-state index < -0.39 is 41.4 Å². The van der Waals surface area contributed by atoms with Crippen LogP contribution < -0.4 is 5.56 Å². The molecule has 3 aromatic heterocycles. The van der Waals surface area contributed by atoms with Crippen LogP contribution in [0, 0.1) is 0 Å². The van der Waals surface area contributed by atoms with Crippen LogP contribution >= 0.6 is 11.6 Å². The zero-order chi connectivity index (χ0) is 19.6. The highest BCUT2D eigenvalue weighted by Crippen LogP contribution is 2.29. The van der Waals surface area contributed by atoms with E-state index in [1.54, 1.807) is 12.1 Å². The van der Waals surface area contributed by atoms with Gasteiger partial charge in [0.1, 0.15) is 11.6 Å². The number of carbonyl (C=O) groups is 1. The second-order valence-corrected chi connectivity index (χ2v) is 5.55. The molecule has 8 nitrogen and oxygen atoms in total. The van der Waals surface area contributed by atoms with Crippen LogP contribution in [-0.2, 0) is 28.9 Å². The summed E-state index contributed by atoms with van der Waals surface area (Å²) < 4.78 is 53.9. The van der Waals surface area contributed by atoms with Gasteiger partial charge in [-0.15, -0.1) is 10.2 Å². The van der Waals surface area contributed by atoms with Gasteiger partial charge in [-0.25, -0.2) is 0 Å². The van der Waals surface area contributed by atoms with Crippen LogP contribution in [0.4, 0.5) is 13.2 Å². The van der Waals surface area contributed by atoms with Gasteiger partial charge in [0, 0.05) is 6.20 Å². The maximum Gasteiger partial charge on any atom is 0.417 e. The smallest absolute Gasteiger partial charge is 0.417 e. The third-order valence-electron chi connectivity index (χ3n) is 3.22. The van der Waals surface area contributed by atoms with Gasteiger partial charge in [0.25, 0.3) is 17.3 Å². The Labute approximate surface area is 153 Å². The molecule has 0 spiro atoms. The van der Waals surface area contributed by atoms with Gasteiger partial charge >= 0.3 is 12.1 Å². The van der Waals surface area contributed by atoms with Crippen LogP contribution in [-0.4, -0.2) is 20.7 Å². The molecule has 12 heteroatoms. The van der Waals surface area contributed by atoms with Crippen LogP contribution in [0.25, 0.3) is 11.7 Å². The fourth-order valence-electron chi connectivity index (χ4n) is 2.01. The highest BCUT2D eigenvalue weighted by atomic mass is 35.5. The summed E-state index contributed by atoms with van der Waals surface area (Å²) in [5, 5.41) is 6.65. The Balaban J connectivity index is 1.66. The number of hydrogen-bond donors (Lipinski definition) is 0. The fourth-order valence-corrected chi connectivity index (χ4v) is 2.24. The first-order valence-corrected chi connectivity index (χ1v) is 7.61. The van der Waals surface area contributed by atoms with Gasteiger partial charge in [-0.3, -0.25) is 9.59 Å². The number of esters is 1. The maximum atomic E-state index is 12.8. The molecule has 27 heavy (non-hydrogen) atoms. The second kappa shape index (κ2) is 7.27. The predicted molar refractivity (Wildman–Crippen MR) is 82.5 cm³/mol. The largest absolute Gasteiger partial charge is 0.459 e. The monoisotopic (exact) mass is 403 g/mol. The molecule has 0 saturated heterocycles. The highest BCUT2D eigenvalue weighted by Gasteiger charge is 2.32. The van der Waals surface area contributed by atoms with Gasteiger partial charge in [-0.1, -0.05) is 11.6 Å². The molecule has 0 aromatic carbocycles. The van der Waals surface area contributed by atoms with Crippen molar-refractivity contribution in [1.82, 2.24) is 14.8 Å². The maximum absolute atomic E-state index is 12.8. The summed E-state index contributed by atoms with van der Waals surface area (Å²) in [5.41, 5.74) is -2.13. The van der Waals surface area contributed by atoms with E-state index in [-0.39, 0.29) is 11.8 Å². The third kappa shape index (κ3) is 4.37. The van der Waals surface area contributed by atoms with Crippen LogP contribution in [0.3, 0.4) is 0 Å².